The van der Waals surface area contributed by atoms with Crippen LogP contribution in [0.1, 0.15) is 53.5 Å². The highest BCUT2D eigenvalue weighted by Crippen LogP contribution is 2.31. The molecule has 2 aromatic carbocycles. The molecule has 0 aliphatic carbocycles. The number of aromatic nitrogens is 3. The standard InChI is InChI=1S/C37H35FN6O/c1-7-29(22-39-6)42-34-11-9-15-44-31(23-41-35(34)44)13-12-25-19-32(33(38)16-24(25)2)36(45)43-30-18-27(26-10-8-14-40-21-26)17-28(20-30)37(3,4)5/h7-11,14-23,39,42H,1H2,2-6H3,(H,43,45)/b29-22+. The smallest absolute Gasteiger partial charge is 0.258 e. The number of nitrogens with zero attached hydrogens (tertiary/aromatic N) is 3. The predicted octanol–water partition coefficient (Wildman–Crippen LogP) is 7.45. The highest BCUT2D eigenvalue weighted by molar-refractivity contribution is 6.05. The quantitative estimate of drug-likeness (QED) is 0.134. The minimum atomic E-state index is -0.617. The van der Waals surface area contributed by atoms with Crippen molar-refractivity contribution in [3.05, 3.63) is 138 Å². The number of halogens is 1. The van der Waals surface area contributed by atoms with Crippen LogP contribution in [0.25, 0.3) is 16.8 Å². The van der Waals surface area contributed by atoms with E-state index < -0.39 is 11.7 Å². The topological polar surface area (TPSA) is 83.4 Å². The molecule has 3 aromatic heterocycles. The molecule has 3 heterocycles. The third-order valence-corrected chi connectivity index (χ3v) is 7.27. The Bertz CT molecular complexity index is 1990. The van der Waals surface area contributed by atoms with Gasteiger partial charge in [0, 0.05) is 48.7 Å². The Morgan fingerprint density at radius 1 is 1.02 bits per heavy atom. The number of pyridine rings is 2. The summed E-state index contributed by atoms with van der Waals surface area (Å²) in [5.74, 6) is 5.09. The van der Waals surface area contributed by atoms with E-state index in [9.17, 15) is 4.79 Å². The average Bonchev–Trinajstić information content (AvgIpc) is 3.44. The number of allylic oxidation sites excluding steroid dienone is 1. The zero-order valence-electron chi connectivity index (χ0n) is 26.0. The van der Waals surface area contributed by atoms with Gasteiger partial charge < -0.3 is 16.0 Å². The number of hydrogen-bond donors (Lipinski definition) is 3. The molecule has 3 N–H and O–H groups in total. The van der Waals surface area contributed by atoms with Gasteiger partial charge in [-0.05, 0) is 83.5 Å². The van der Waals surface area contributed by atoms with Gasteiger partial charge in [-0.15, -0.1) is 0 Å². The Labute approximate surface area is 263 Å². The number of amides is 1. The monoisotopic (exact) mass is 598 g/mol. The molecule has 7 nitrogen and oxygen atoms in total. The molecule has 0 saturated heterocycles. The highest BCUT2D eigenvalue weighted by atomic mass is 19.1. The summed E-state index contributed by atoms with van der Waals surface area (Å²) in [5, 5.41) is 9.19. The largest absolute Gasteiger partial charge is 0.392 e. The van der Waals surface area contributed by atoms with Crippen LogP contribution in [-0.2, 0) is 5.41 Å². The number of rotatable bonds is 7. The third-order valence-electron chi connectivity index (χ3n) is 7.27. The first kappa shape index (κ1) is 30.8. The molecule has 1 amide bonds. The summed E-state index contributed by atoms with van der Waals surface area (Å²) in [7, 11) is 1.81. The SMILES string of the molecule is C=C/C(=C\NC)Nc1cccn2c(C#Cc3cc(C(=O)Nc4cc(-c5cccnc5)cc(C(C)(C)C)c4)c(F)cc3C)cnc12. The average molecular weight is 599 g/mol. The fourth-order valence-electron chi connectivity index (χ4n) is 4.80. The van der Waals surface area contributed by atoms with E-state index >= 15 is 4.39 Å². The van der Waals surface area contributed by atoms with Gasteiger partial charge in [0.15, 0.2) is 5.65 Å². The lowest BCUT2D eigenvalue weighted by atomic mass is 9.85. The molecule has 0 saturated carbocycles. The maximum absolute atomic E-state index is 15.2. The fourth-order valence-corrected chi connectivity index (χ4v) is 4.80. The number of carbonyl (C=O) groups is 1. The summed E-state index contributed by atoms with van der Waals surface area (Å²) in [4.78, 5) is 22.2. The summed E-state index contributed by atoms with van der Waals surface area (Å²) in [6.07, 6.45) is 10.5. The number of carbonyl (C=O) groups excluding carboxylic acids is 1. The van der Waals surface area contributed by atoms with Crippen molar-refractivity contribution in [2.24, 2.45) is 0 Å². The number of nitrogens with one attached hydrogen (secondary N) is 3. The molecule has 45 heavy (non-hydrogen) atoms. The Morgan fingerprint density at radius 2 is 1.84 bits per heavy atom. The maximum Gasteiger partial charge on any atom is 0.258 e. The van der Waals surface area contributed by atoms with E-state index in [1.807, 2.05) is 54.0 Å². The molecule has 0 radical (unpaired) electrons. The molecule has 0 unspecified atom stereocenters. The van der Waals surface area contributed by atoms with Gasteiger partial charge in [-0.3, -0.25) is 14.2 Å². The van der Waals surface area contributed by atoms with Crippen molar-refractivity contribution in [2.75, 3.05) is 17.7 Å². The van der Waals surface area contributed by atoms with Gasteiger partial charge in [-0.25, -0.2) is 9.37 Å². The van der Waals surface area contributed by atoms with Gasteiger partial charge in [0.2, 0.25) is 0 Å². The fraction of sp³-hybridized carbons (Fsp3) is 0.162. The molecule has 0 spiro atoms. The van der Waals surface area contributed by atoms with E-state index in [2.05, 4.69) is 71.2 Å². The van der Waals surface area contributed by atoms with Crippen molar-refractivity contribution in [3.8, 4) is 23.0 Å². The lowest BCUT2D eigenvalue weighted by molar-refractivity contribution is 0.102. The third kappa shape index (κ3) is 6.94. The molecule has 0 atom stereocenters. The van der Waals surface area contributed by atoms with E-state index in [-0.39, 0.29) is 11.0 Å². The number of fused-ring (bicyclic) bond motifs is 1. The van der Waals surface area contributed by atoms with Gasteiger partial charge in [-0.1, -0.05) is 45.4 Å². The molecule has 5 rings (SSSR count). The molecule has 0 fully saturated rings. The molecule has 0 bridgehead atoms. The number of anilines is 2. The van der Waals surface area contributed by atoms with Crippen LogP contribution in [0, 0.1) is 24.6 Å². The van der Waals surface area contributed by atoms with Crippen LogP contribution >= 0.6 is 0 Å². The van der Waals surface area contributed by atoms with Crippen LogP contribution < -0.4 is 16.0 Å². The Hall–Kier alpha value is -5.68. The molecular weight excluding hydrogens is 563 g/mol. The molecular formula is C37H35FN6O. The summed E-state index contributed by atoms with van der Waals surface area (Å²) in [6, 6.07) is 16.4. The second kappa shape index (κ2) is 12.9. The number of aryl methyl sites for hydroxylation is 1. The maximum atomic E-state index is 15.2. The van der Waals surface area contributed by atoms with E-state index in [1.165, 1.54) is 12.1 Å². The van der Waals surface area contributed by atoms with Crippen molar-refractivity contribution in [3.63, 3.8) is 0 Å². The lowest BCUT2D eigenvalue weighted by Gasteiger charge is -2.22. The highest BCUT2D eigenvalue weighted by Gasteiger charge is 2.19. The van der Waals surface area contributed by atoms with Crippen LogP contribution in [0.4, 0.5) is 15.8 Å². The summed E-state index contributed by atoms with van der Waals surface area (Å²) in [5.41, 5.74) is 7.21. The van der Waals surface area contributed by atoms with Gasteiger partial charge in [0.1, 0.15) is 11.5 Å². The first-order valence-corrected chi connectivity index (χ1v) is 14.5. The van der Waals surface area contributed by atoms with E-state index in [0.29, 0.717) is 28.2 Å². The normalized spacial score (nSPS) is 11.5. The number of hydrogen-bond acceptors (Lipinski definition) is 5. The molecule has 0 aliphatic rings. The lowest BCUT2D eigenvalue weighted by Crippen LogP contribution is -2.16. The number of benzene rings is 2. The van der Waals surface area contributed by atoms with E-state index in [0.717, 1.165) is 28.1 Å². The molecule has 5 aromatic rings. The van der Waals surface area contributed by atoms with Crippen LogP contribution in [0.2, 0.25) is 0 Å². The van der Waals surface area contributed by atoms with Gasteiger partial charge in [-0.2, -0.15) is 0 Å². The predicted molar refractivity (Wildman–Crippen MR) is 180 cm³/mol. The second-order valence-electron chi connectivity index (χ2n) is 11.6. The van der Waals surface area contributed by atoms with E-state index in [1.54, 1.807) is 37.8 Å². The van der Waals surface area contributed by atoms with Crippen molar-refractivity contribution in [1.82, 2.24) is 19.7 Å². The Morgan fingerprint density at radius 3 is 2.56 bits per heavy atom. The van der Waals surface area contributed by atoms with Crippen molar-refractivity contribution >= 4 is 22.9 Å². The van der Waals surface area contributed by atoms with Gasteiger partial charge >= 0.3 is 0 Å². The van der Waals surface area contributed by atoms with Gasteiger partial charge in [0.25, 0.3) is 5.91 Å². The zero-order valence-corrected chi connectivity index (χ0v) is 26.0. The first-order valence-electron chi connectivity index (χ1n) is 14.5. The van der Waals surface area contributed by atoms with Crippen molar-refractivity contribution in [2.45, 2.75) is 33.1 Å². The minimum absolute atomic E-state index is 0.0908. The molecule has 8 heteroatoms. The van der Waals surface area contributed by atoms with Crippen LogP contribution in [0.3, 0.4) is 0 Å². The van der Waals surface area contributed by atoms with Crippen molar-refractivity contribution < 1.29 is 9.18 Å². The Kier molecular flexibility index (Phi) is 8.82. The minimum Gasteiger partial charge on any atom is -0.392 e. The summed E-state index contributed by atoms with van der Waals surface area (Å²) >= 11 is 0. The molecule has 226 valence electrons. The number of imidazole rings is 1. The van der Waals surface area contributed by atoms with Crippen LogP contribution in [0.15, 0.2) is 104 Å². The van der Waals surface area contributed by atoms with E-state index in [4.69, 9.17) is 0 Å². The summed E-state index contributed by atoms with van der Waals surface area (Å²) < 4.78 is 17.1. The second-order valence-corrected chi connectivity index (χ2v) is 11.6. The van der Waals surface area contributed by atoms with Gasteiger partial charge in [0.05, 0.1) is 23.1 Å². The Balaban J connectivity index is 1.46. The van der Waals surface area contributed by atoms with Crippen LogP contribution in [0.5, 0.6) is 0 Å². The summed E-state index contributed by atoms with van der Waals surface area (Å²) in [6.45, 7) is 11.9. The van der Waals surface area contributed by atoms with Crippen LogP contribution in [-0.4, -0.2) is 27.3 Å². The molecule has 0 aliphatic heterocycles. The van der Waals surface area contributed by atoms with Crippen molar-refractivity contribution in [1.29, 1.82) is 0 Å². The zero-order chi connectivity index (χ0) is 32.1. The first-order chi connectivity index (χ1) is 21.6.